The molecule has 0 atom stereocenters. The number of alkyl halides is 8. The molecule has 3 N–H and O–H groups in total. The number of carbonyl (C=O) groups is 4. The minimum Gasteiger partial charge on any atom is -0.743 e. The zero-order valence-corrected chi connectivity index (χ0v) is 87.6. The molecule has 0 saturated heterocycles. The van der Waals surface area contributed by atoms with Crippen molar-refractivity contribution in [3.05, 3.63) is 364 Å². The molecule has 10 bridgehead atoms. The summed E-state index contributed by atoms with van der Waals surface area (Å²) in [4.78, 5) is 61.9. The molecule has 0 radical (unpaired) electrons. The smallest absolute Gasteiger partial charge is 0.410 e. The minimum absolute atomic E-state index is 0.0146. The Morgan fingerprint density at radius 2 is 0.453 bits per heavy atom. The van der Waals surface area contributed by atoms with Crippen molar-refractivity contribution in [2.45, 2.75) is 214 Å². The van der Waals surface area contributed by atoms with Crippen LogP contribution in [0.1, 0.15) is 123 Å². The van der Waals surface area contributed by atoms with Crippen LogP contribution in [-0.4, -0.2) is 132 Å². The van der Waals surface area contributed by atoms with E-state index in [-0.39, 0.29) is 68.6 Å². The number of halogens is 8. The van der Waals surface area contributed by atoms with Gasteiger partial charge in [-0.05, 0) is 315 Å². The van der Waals surface area contributed by atoms with E-state index in [0.29, 0.717) is 84.9 Å². The lowest BCUT2D eigenvalue weighted by Crippen LogP contribution is -2.63. The van der Waals surface area contributed by atoms with Crippen molar-refractivity contribution in [2.24, 2.45) is 46.8 Å². The van der Waals surface area contributed by atoms with Crippen LogP contribution in [0.3, 0.4) is 0 Å². The van der Waals surface area contributed by atoms with Crippen molar-refractivity contribution >= 4 is 108 Å². The molecular weight excluding hydrogens is 2070 g/mol. The second kappa shape index (κ2) is 50.3. The fourth-order valence-electron chi connectivity index (χ4n) is 21.6. The Morgan fingerprint density at radius 3 is 0.628 bits per heavy atom. The van der Waals surface area contributed by atoms with Crippen LogP contribution in [0, 0.1) is 46.8 Å². The quantitative estimate of drug-likeness (QED) is 0.0258. The molecule has 4 amide bonds. The summed E-state index contributed by atoms with van der Waals surface area (Å²) in [6.07, 6.45) is 14.7. The van der Waals surface area contributed by atoms with Gasteiger partial charge in [0.1, 0.15) is 0 Å². The average molecular weight is 2180 g/mol. The standard InChI is InChI=1S/4C18H15S.C13H19F2NO4S.C12H17F2NO4S.C9H13F2NO4S.C6H11F2NO4S/c4*1-4-10-16(11-5-1)19(17-12-6-2-7-13-17)18-14-8-3-9-15-18;14-13(15,21(18,19)20)11(17)16-7-12-4-8-1-9(5-12)3-10(2-8)6-12;13-12(14,20(17,18)19)10(16)15-11-4-7-1-8(5-11)3-9(2-7)6-11;10-9(11,17(14,15)16)7(13)12-8-3-1-6(5-8)2-4-8;1-3-9(4-2)5(10)6(7,8)14(11,12)13/h4*1-15H;8-10H,1-7H2,(H,16,17)(H,18,19,20);7-9H,1-6H2,(H,15,16)(H,17,18,19);6H,1-5H2,(H,12,13)(H,14,15,16);3-4H2,1-2H3,(H,11,12,13)/q4*+1;;;;/p-4. The molecule has 0 aromatic heterocycles. The molecule has 10 fully saturated rings. The first kappa shape index (κ1) is 114. The van der Waals surface area contributed by atoms with Crippen molar-refractivity contribution in [3.63, 3.8) is 0 Å². The second-order valence-electron chi connectivity index (χ2n) is 38.0. The molecule has 22 rings (SSSR count). The van der Waals surface area contributed by atoms with E-state index in [1.165, 1.54) is 91.9 Å². The van der Waals surface area contributed by atoms with Gasteiger partial charge in [-0.15, -0.1) is 0 Å². The van der Waals surface area contributed by atoms with E-state index in [2.05, 4.69) is 375 Å². The molecule has 0 heterocycles. The van der Waals surface area contributed by atoms with E-state index in [4.69, 9.17) is 0 Å². The van der Waals surface area contributed by atoms with E-state index in [0.717, 1.165) is 51.4 Å². The predicted molar refractivity (Wildman–Crippen MR) is 553 cm³/mol. The van der Waals surface area contributed by atoms with Crippen molar-refractivity contribution in [1.29, 1.82) is 0 Å². The molecule has 10 aliphatic carbocycles. The van der Waals surface area contributed by atoms with Crippen LogP contribution in [0.15, 0.2) is 423 Å². The van der Waals surface area contributed by atoms with Gasteiger partial charge in [-0.2, -0.15) is 35.1 Å². The number of nitrogens with zero attached hydrogens (tertiary/aromatic N) is 1. The number of carbonyl (C=O) groups excluding carboxylic acids is 4. The lowest BCUT2D eigenvalue weighted by Gasteiger charge is -2.57. The molecule has 12 aromatic rings. The molecule has 784 valence electrons. The first-order valence-corrected chi connectivity index (χ1v) is 59.0. The third-order valence-electron chi connectivity index (χ3n) is 27.4. The molecular formula is C112H116F8N4O16S8. The van der Waals surface area contributed by atoms with Crippen LogP contribution in [-0.2, 0) is 103 Å². The van der Waals surface area contributed by atoms with Crippen LogP contribution in [0.4, 0.5) is 35.1 Å². The van der Waals surface area contributed by atoms with Gasteiger partial charge < -0.3 is 39.1 Å². The number of benzene rings is 12. The van der Waals surface area contributed by atoms with Gasteiger partial charge in [0.25, 0.3) is 0 Å². The van der Waals surface area contributed by atoms with Crippen LogP contribution < -0.4 is 16.0 Å². The second-order valence-corrected chi connectivity index (χ2v) is 51.8. The van der Waals surface area contributed by atoms with Crippen LogP contribution in [0.2, 0.25) is 0 Å². The highest BCUT2D eigenvalue weighted by molar-refractivity contribution is 7.98. The first-order chi connectivity index (χ1) is 70.4. The lowest BCUT2D eigenvalue weighted by molar-refractivity contribution is -0.147. The maximum Gasteiger partial charge on any atom is 0.410 e. The normalized spacial score (nSPS) is 21.2. The molecule has 148 heavy (non-hydrogen) atoms. The summed E-state index contributed by atoms with van der Waals surface area (Å²) in [6, 6.07) is 129. The fourth-order valence-corrected chi connectivity index (χ4v) is 31.2. The van der Waals surface area contributed by atoms with Crippen LogP contribution >= 0.6 is 0 Å². The Morgan fingerprint density at radius 1 is 0.277 bits per heavy atom. The van der Waals surface area contributed by atoms with Gasteiger partial charge in [0.15, 0.2) is 99.2 Å². The zero-order chi connectivity index (χ0) is 106. The van der Waals surface area contributed by atoms with Crippen molar-refractivity contribution < 1.29 is 106 Å². The number of nitrogens with one attached hydrogen (secondary N) is 3. The fraction of sp³-hybridized carbons (Fsp3) is 0.321. The van der Waals surface area contributed by atoms with Gasteiger partial charge in [0.05, 0.1) is 43.6 Å². The van der Waals surface area contributed by atoms with E-state index in [1.54, 1.807) is 0 Å². The number of fused-ring (bicyclic) bond motifs is 2. The Hall–Kier alpha value is -11.0. The third-order valence-corrected chi connectivity index (χ3v) is 39.6. The SMILES string of the molecule is CCN(CC)C(=O)C(F)(F)S(=O)(=O)[O-].O=C(NC12CC3CC(CC(C3)C1)C2)C(F)(F)S(=O)(=O)[O-].O=C(NC12CCC(CC1)C2)C(F)(F)S(=O)(=O)[O-].O=C(NCC12CC3CC(CC(C3)C1)C2)C(F)(F)S(=O)(=O)[O-].c1ccc([S+](c2ccccc2)c2ccccc2)cc1.c1ccc([S+](c2ccccc2)c2ccccc2)cc1.c1ccc([S+](c2ccccc2)c2ccccc2)cc1.c1ccc([S+](c2ccccc2)c2ccccc2)cc1. The van der Waals surface area contributed by atoms with Crippen molar-refractivity contribution in [3.8, 4) is 0 Å². The molecule has 0 spiro atoms. The Kier molecular flexibility index (Phi) is 38.8. The van der Waals surface area contributed by atoms with E-state index < -0.39 is 96.2 Å². The van der Waals surface area contributed by atoms with Gasteiger partial charge in [0.2, 0.25) is 0 Å². The molecule has 12 aromatic carbocycles. The molecule has 0 unspecified atom stereocenters. The molecule has 0 aliphatic heterocycles. The third kappa shape index (κ3) is 29.2. The average Bonchev–Trinajstić information content (AvgIpc) is 0.890. The van der Waals surface area contributed by atoms with Gasteiger partial charge >= 0.3 is 44.6 Å². The molecule has 20 nitrogen and oxygen atoms in total. The summed E-state index contributed by atoms with van der Waals surface area (Å²) < 4.78 is 228. The highest BCUT2D eigenvalue weighted by Gasteiger charge is 2.58. The number of amides is 4. The number of rotatable bonds is 26. The van der Waals surface area contributed by atoms with Crippen molar-refractivity contribution in [2.75, 3.05) is 19.6 Å². The summed E-state index contributed by atoms with van der Waals surface area (Å²) >= 11 is 0. The van der Waals surface area contributed by atoms with Gasteiger partial charge in [-0.3, -0.25) is 19.2 Å². The predicted octanol–water partition coefficient (Wildman–Crippen LogP) is 22.4. The minimum atomic E-state index is -5.98. The molecule has 10 aliphatic rings. The van der Waals surface area contributed by atoms with Crippen LogP contribution in [0.25, 0.3) is 0 Å². The Bertz CT molecular complexity index is 5880. The largest absolute Gasteiger partial charge is 0.743 e. The number of hydrogen-bond acceptors (Lipinski definition) is 16. The summed E-state index contributed by atoms with van der Waals surface area (Å²) in [7, 11) is -23.9. The Labute approximate surface area is 872 Å². The van der Waals surface area contributed by atoms with E-state index in [1.807, 2.05) is 5.32 Å². The lowest BCUT2D eigenvalue weighted by atomic mass is 9.49. The van der Waals surface area contributed by atoms with E-state index >= 15 is 0 Å². The highest BCUT2D eigenvalue weighted by Crippen LogP contribution is 2.60. The Balaban J connectivity index is 0.000000142. The maximum atomic E-state index is 13.3. The summed E-state index contributed by atoms with van der Waals surface area (Å²) in [5, 5.41) is -13.3. The van der Waals surface area contributed by atoms with Gasteiger partial charge in [0, 0.05) is 30.7 Å². The summed E-state index contributed by atoms with van der Waals surface area (Å²) in [6.45, 7) is 2.67. The topological polar surface area (TPSA) is 336 Å². The number of hydrogen-bond donors (Lipinski definition) is 3. The molecule has 10 saturated carbocycles. The monoisotopic (exact) mass is 2180 g/mol. The first-order valence-electron chi connectivity index (χ1n) is 48.5. The van der Waals surface area contributed by atoms with Gasteiger partial charge in [-0.25, -0.2) is 33.7 Å². The summed E-state index contributed by atoms with van der Waals surface area (Å²) in [5.41, 5.74) is -1.65. The van der Waals surface area contributed by atoms with Crippen molar-refractivity contribution in [1.82, 2.24) is 20.9 Å². The maximum absolute atomic E-state index is 13.3. The summed E-state index contributed by atoms with van der Waals surface area (Å²) in [5.74, 6) is -4.48. The van der Waals surface area contributed by atoms with Gasteiger partial charge in [-0.1, -0.05) is 218 Å². The highest BCUT2D eigenvalue weighted by atomic mass is 32.2. The van der Waals surface area contributed by atoms with Crippen LogP contribution in [0.5, 0.6) is 0 Å². The molecule has 36 heteroatoms. The van der Waals surface area contributed by atoms with E-state index in [9.17, 15) is 106 Å². The zero-order valence-electron chi connectivity index (χ0n) is 81.1.